The average molecular weight is 343 g/mol. The van der Waals surface area contributed by atoms with Crippen molar-refractivity contribution < 1.29 is 14.3 Å². The van der Waals surface area contributed by atoms with Crippen LogP contribution in [0.25, 0.3) is 0 Å². The molecule has 2 aliphatic rings. The molecule has 0 radical (unpaired) electrons. The first-order valence-electron chi connectivity index (χ1n) is 9.56. The van der Waals surface area contributed by atoms with Crippen molar-refractivity contribution >= 4 is 11.6 Å². The Morgan fingerprint density at radius 3 is 2.28 bits per heavy atom. The van der Waals surface area contributed by atoms with E-state index in [0.717, 1.165) is 57.7 Å². The van der Waals surface area contributed by atoms with Crippen molar-refractivity contribution in [3.8, 4) is 5.75 Å². The molecule has 0 amide bonds. The van der Waals surface area contributed by atoms with Gasteiger partial charge >= 0.3 is 0 Å². The fourth-order valence-corrected chi connectivity index (χ4v) is 4.07. The lowest BCUT2D eigenvalue weighted by Gasteiger charge is -2.43. The van der Waals surface area contributed by atoms with Crippen molar-refractivity contribution in [1.29, 1.82) is 0 Å². The van der Waals surface area contributed by atoms with Crippen LogP contribution in [0.5, 0.6) is 5.75 Å². The van der Waals surface area contributed by atoms with E-state index in [4.69, 9.17) is 4.74 Å². The summed E-state index contributed by atoms with van der Waals surface area (Å²) in [6.45, 7) is 5.80. The van der Waals surface area contributed by atoms with Gasteiger partial charge in [-0.3, -0.25) is 14.5 Å². The van der Waals surface area contributed by atoms with Crippen molar-refractivity contribution in [2.75, 3.05) is 19.7 Å². The average Bonchev–Trinajstić information content (AvgIpc) is 2.58. The number of likely N-dealkylation sites (tertiary alicyclic amines) is 1. The van der Waals surface area contributed by atoms with Gasteiger partial charge in [-0.15, -0.1) is 0 Å². The van der Waals surface area contributed by atoms with Crippen LogP contribution in [0.15, 0.2) is 24.3 Å². The van der Waals surface area contributed by atoms with Crippen LogP contribution >= 0.6 is 0 Å². The van der Waals surface area contributed by atoms with E-state index in [2.05, 4.69) is 36.1 Å². The van der Waals surface area contributed by atoms with Crippen LogP contribution in [0.2, 0.25) is 0 Å². The van der Waals surface area contributed by atoms with Gasteiger partial charge < -0.3 is 4.74 Å². The van der Waals surface area contributed by atoms with Crippen molar-refractivity contribution in [2.24, 2.45) is 5.41 Å². The predicted molar refractivity (Wildman–Crippen MR) is 97.7 cm³/mol. The van der Waals surface area contributed by atoms with Gasteiger partial charge in [-0.2, -0.15) is 0 Å². The summed E-state index contributed by atoms with van der Waals surface area (Å²) in [5.74, 6) is 1.22. The first-order valence-corrected chi connectivity index (χ1v) is 9.56. The highest BCUT2D eigenvalue weighted by Gasteiger charge is 2.41. The molecule has 0 N–H and O–H groups in total. The molecule has 1 saturated carbocycles. The Hall–Kier alpha value is -1.68. The van der Waals surface area contributed by atoms with Gasteiger partial charge in [-0.1, -0.05) is 25.5 Å². The monoisotopic (exact) mass is 343 g/mol. The number of ether oxygens (including phenoxy) is 1. The number of Topliss-reactive ketones (excluding diaryl/α,β-unsaturated/α-hetero) is 2. The molecule has 0 atom stereocenters. The minimum atomic E-state index is -0.0418. The van der Waals surface area contributed by atoms with E-state index < -0.39 is 0 Å². The Bertz CT molecular complexity index is 582. The van der Waals surface area contributed by atoms with Gasteiger partial charge in [-0.25, -0.2) is 0 Å². The number of benzene rings is 1. The second-order valence-electron chi connectivity index (χ2n) is 7.73. The minimum absolute atomic E-state index is 0.0418. The lowest BCUT2D eigenvalue weighted by atomic mass is 9.67. The lowest BCUT2D eigenvalue weighted by Crippen LogP contribution is -2.44. The van der Waals surface area contributed by atoms with Gasteiger partial charge in [0.15, 0.2) is 0 Å². The molecule has 1 aromatic rings. The van der Waals surface area contributed by atoms with Crippen LogP contribution < -0.4 is 4.74 Å². The van der Waals surface area contributed by atoms with E-state index in [1.54, 1.807) is 0 Å². The second-order valence-corrected chi connectivity index (χ2v) is 7.73. The van der Waals surface area contributed by atoms with E-state index >= 15 is 0 Å². The molecular formula is C21H29NO3. The quantitative estimate of drug-likeness (QED) is 0.583. The molecule has 2 fully saturated rings. The molecule has 25 heavy (non-hydrogen) atoms. The maximum Gasteiger partial charge on any atom is 0.140 e. The third-order valence-corrected chi connectivity index (χ3v) is 5.55. The standard InChI is InChI=1S/C21H29NO3/c1-2-3-12-25-20-6-4-17(5-7-20)16-22-10-8-21(9-11-22)14-18(23)13-19(24)15-21/h4-7H,2-3,8-16H2,1H3. The van der Waals surface area contributed by atoms with Gasteiger partial charge in [0.05, 0.1) is 13.0 Å². The first kappa shape index (κ1) is 18.1. The topological polar surface area (TPSA) is 46.6 Å². The normalized spacial score (nSPS) is 20.8. The second kappa shape index (κ2) is 8.13. The SMILES string of the molecule is CCCCOc1ccc(CN2CCC3(CC2)CC(=O)CC(=O)C3)cc1. The number of carbonyl (C=O) groups is 2. The van der Waals surface area contributed by atoms with E-state index in [0.29, 0.717) is 12.8 Å². The first-order chi connectivity index (χ1) is 12.1. The minimum Gasteiger partial charge on any atom is -0.494 e. The molecule has 0 bridgehead atoms. The summed E-state index contributed by atoms with van der Waals surface area (Å²) in [5.41, 5.74) is 1.24. The summed E-state index contributed by atoms with van der Waals surface area (Å²) in [5, 5.41) is 0. The van der Waals surface area contributed by atoms with Crippen molar-refractivity contribution in [3.05, 3.63) is 29.8 Å². The summed E-state index contributed by atoms with van der Waals surface area (Å²) in [6.07, 6.45) is 5.53. The number of ketones is 2. The Morgan fingerprint density at radius 2 is 1.68 bits per heavy atom. The summed E-state index contributed by atoms with van der Waals surface area (Å²) >= 11 is 0. The number of rotatable bonds is 6. The molecule has 1 heterocycles. The molecule has 1 aliphatic carbocycles. The van der Waals surface area contributed by atoms with E-state index in [1.807, 2.05) is 0 Å². The highest BCUT2D eigenvalue weighted by Crippen LogP contribution is 2.42. The Morgan fingerprint density at radius 1 is 1.04 bits per heavy atom. The molecular weight excluding hydrogens is 314 g/mol. The van der Waals surface area contributed by atoms with Gasteiger partial charge in [0, 0.05) is 19.4 Å². The predicted octanol–water partition coefficient (Wildman–Crippen LogP) is 3.77. The maximum absolute atomic E-state index is 11.8. The number of piperidine rings is 1. The molecule has 0 aromatic heterocycles. The molecule has 4 heteroatoms. The van der Waals surface area contributed by atoms with Gasteiger partial charge in [0.1, 0.15) is 17.3 Å². The van der Waals surface area contributed by atoms with Crippen LogP contribution in [0.3, 0.4) is 0 Å². The maximum atomic E-state index is 11.8. The van der Waals surface area contributed by atoms with Crippen molar-refractivity contribution in [3.63, 3.8) is 0 Å². The van der Waals surface area contributed by atoms with Gasteiger partial charge in [0.25, 0.3) is 0 Å². The van der Waals surface area contributed by atoms with E-state index in [9.17, 15) is 9.59 Å². The molecule has 1 aliphatic heterocycles. The molecule has 1 spiro atoms. The summed E-state index contributed by atoms with van der Waals surface area (Å²) in [4.78, 5) is 26.0. The highest BCUT2D eigenvalue weighted by molar-refractivity contribution is 6.02. The fraction of sp³-hybridized carbons (Fsp3) is 0.619. The molecule has 0 unspecified atom stereocenters. The van der Waals surface area contributed by atoms with E-state index in [1.165, 1.54) is 5.56 Å². The number of unbranched alkanes of at least 4 members (excludes halogenated alkanes) is 1. The zero-order chi connectivity index (χ0) is 17.7. The van der Waals surface area contributed by atoms with Crippen LogP contribution in [-0.2, 0) is 16.1 Å². The third kappa shape index (κ3) is 4.91. The number of hydrogen-bond acceptors (Lipinski definition) is 4. The molecule has 4 nitrogen and oxygen atoms in total. The zero-order valence-corrected chi connectivity index (χ0v) is 15.3. The van der Waals surface area contributed by atoms with Crippen molar-refractivity contribution in [1.82, 2.24) is 4.90 Å². The smallest absolute Gasteiger partial charge is 0.140 e. The van der Waals surface area contributed by atoms with Gasteiger partial charge in [-0.05, 0) is 55.5 Å². The van der Waals surface area contributed by atoms with Crippen LogP contribution in [-0.4, -0.2) is 36.2 Å². The summed E-state index contributed by atoms with van der Waals surface area (Å²) in [6, 6.07) is 8.38. The Labute approximate surface area is 150 Å². The van der Waals surface area contributed by atoms with Gasteiger partial charge in [0.2, 0.25) is 0 Å². The number of carbonyl (C=O) groups excluding carboxylic acids is 2. The van der Waals surface area contributed by atoms with Crippen molar-refractivity contribution in [2.45, 2.75) is 58.4 Å². The number of nitrogens with zero attached hydrogens (tertiary/aromatic N) is 1. The largest absolute Gasteiger partial charge is 0.494 e. The molecule has 1 aromatic carbocycles. The Balaban J connectivity index is 1.49. The van der Waals surface area contributed by atoms with E-state index in [-0.39, 0.29) is 23.4 Å². The summed E-state index contributed by atoms with van der Waals surface area (Å²) in [7, 11) is 0. The molecule has 1 saturated heterocycles. The van der Waals surface area contributed by atoms with Crippen LogP contribution in [0.4, 0.5) is 0 Å². The van der Waals surface area contributed by atoms with Crippen LogP contribution in [0, 0.1) is 5.41 Å². The molecule has 136 valence electrons. The number of hydrogen-bond donors (Lipinski definition) is 0. The fourth-order valence-electron chi connectivity index (χ4n) is 4.07. The Kier molecular flexibility index (Phi) is 5.89. The highest BCUT2D eigenvalue weighted by atomic mass is 16.5. The third-order valence-electron chi connectivity index (χ3n) is 5.55. The molecule has 3 rings (SSSR count). The lowest BCUT2D eigenvalue weighted by molar-refractivity contribution is -0.135. The van der Waals surface area contributed by atoms with Crippen LogP contribution in [0.1, 0.15) is 57.4 Å². The summed E-state index contributed by atoms with van der Waals surface area (Å²) < 4.78 is 5.71. The zero-order valence-electron chi connectivity index (χ0n) is 15.3.